The molecule has 3 fully saturated rings. The molecule has 3 nitrogen and oxygen atoms in total. The van der Waals surface area contributed by atoms with Gasteiger partial charge in [0.05, 0.1) is 0 Å². The first-order chi connectivity index (χ1) is 8.06. The standard InChI is InChI=1S/C14H26O3/c1-14(2)9-7-11(13(16-3)17-4)10(5-6-15)12(14)8-9/h9-13,15H,5-8H2,1-4H3/t9?,10-,11+,12?/m0/s1. The molecule has 3 saturated carbocycles. The average Bonchev–Trinajstić information content (AvgIpc) is 2.32. The van der Waals surface area contributed by atoms with E-state index in [1.54, 1.807) is 14.2 Å². The maximum absolute atomic E-state index is 9.29. The summed E-state index contributed by atoms with van der Waals surface area (Å²) < 4.78 is 10.9. The smallest absolute Gasteiger partial charge is 0.159 e. The summed E-state index contributed by atoms with van der Waals surface area (Å²) in [6.07, 6.45) is 3.29. The van der Waals surface area contributed by atoms with Gasteiger partial charge in [0.2, 0.25) is 0 Å². The van der Waals surface area contributed by atoms with Crippen molar-refractivity contribution in [1.29, 1.82) is 0 Å². The van der Waals surface area contributed by atoms with Crippen molar-refractivity contribution in [1.82, 2.24) is 0 Å². The molecule has 4 atom stereocenters. The predicted molar refractivity (Wildman–Crippen MR) is 66.5 cm³/mol. The van der Waals surface area contributed by atoms with Crippen molar-refractivity contribution in [2.75, 3.05) is 20.8 Å². The first-order valence-corrected chi connectivity index (χ1v) is 6.72. The van der Waals surface area contributed by atoms with Crippen LogP contribution in [0, 0.1) is 29.1 Å². The molecular weight excluding hydrogens is 216 g/mol. The van der Waals surface area contributed by atoms with E-state index >= 15 is 0 Å². The number of aliphatic hydroxyl groups is 1. The van der Waals surface area contributed by atoms with Crippen molar-refractivity contribution >= 4 is 0 Å². The summed E-state index contributed by atoms with van der Waals surface area (Å²) in [5.74, 6) is 2.53. The minimum atomic E-state index is -0.104. The van der Waals surface area contributed by atoms with Crippen LogP contribution in [-0.2, 0) is 9.47 Å². The first kappa shape index (κ1) is 13.3. The lowest BCUT2D eigenvalue weighted by atomic mass is 9.42. The van der Waals surface area contributed by atoms with E-state index in [9.17, 15) is 5.11 Å². The van der Waals surface area contributed by atoms with E-state index in [1.807, 2.05) is 0 Å². The number of ether oxygens (including phenoxy) is 2. The van der Waals surface area contributed by atoms with Crippen molar-refractivity contribution in [2.24, 2.45) is 29.1 Å². The van der Waals surface area contributed by atoms with Gasteiger partial charge >= 0.3 is 0 Å². The van der Waals surface area contributed by atoms with Crippen molar-refractivity contribution in [3.05, 3.63) is 0 Å². The van der Waals surface area contributed by atoms with Crippen molar-refractivity contribution in [3.8, 4) is 0 Å². The number of hydrogen-bond acceptors (Lipinski definition) is 3. The Labute approximate surface area is 104 Å². The van der Waals surface area contributed by atoms with E-state index in [0.29, 0.717) is 17.3 Å². The molecular formula is C14H26O3. The highest BCUT2D eigenvalue weighted by Gasteiger charge is 2.58. The van der Waals surface area contributed by atoms with Crippen LogP contribution in [0.15, 0.2) is 0 Å². The van der Waals surface area contributed by atoms with Gasteiger partial charge in [-0.1, -0.05) is 13.8 Å². The summed E-state index contributed by atoms with van der Waals surface area (Å²) in [4.78, 5) is 0. The van der Waals surface area contributed by atoms with E-state index in [1.165, 1.54) is 12.8 Å². The van der Waals surface area contributed by atoms with Gasteiger partial charge in [0, 0.05) is 26.7 Å². The Kier molecular flexibility index (Phi) is 3.81. The summed E-state index contributed by atoms with van der Waals surface area (Å²) in [6.45, 7) is 5.03. The second kappa shape index (κ2) is 4.87. The molecule has 3 aliphatic rings. The van der Waals surface area contributed by atoms with Gasteiger partial charge in [0.15, 0.2) is 6.29 Å². The summed E-state index contributed by atoms with van der Waals surface area (Å²) in [6, 6.07) is 0. The van der Waals surface area contributed by atoms with Crippen LogP contribution in [0.3, 0.4) is 0 Å². The van der Waals surface area contributed by atoms with E-state index in [-0.39, 0.29) is 12.9 Å². The topological polar surface area (TPSA) is 38.7 Å². The number of methoxy groups -OCH3 is 2. The molecule has 0 aliphatic heterocycles. The minimum Gasteiger partial charge on any atom is -0.396 e. The largest absolute Gasteiger partial charge is 0.396 e. The zero-order valence-corrected chi connectivity index (χ0v) is 11.5. The molecule has 3 aliphatic carbocycles. The molecule has 2 unspecified atom stereocenters. The zero-order valence-electron chi connectivity index (χ0n) is 11.5. The van der Waals surface area contributed by atoms with Crippen molar-refractivity contribution < 1.29 is 14.6 Å². The molecule has 3 rings (SSSR count). The van der Waals surface area contributed by atoms with Crippen LogP contribution in [0.25, 0.3) is 0 Å². The number of aliphatic hydroxyl groups excluding tert-OH is 1. The quantitative estimate of drug-likeness (QED) is 0.752. The molecule has 0 aromatic carbocycles. The SMILES string of the molecule is COC(OC)[C@@H]1CC2CC([C@H]1CCO)C2(C)C. The van der Waals surface area contributed by atoms with Crippen molar-refractivity contribution in [3.63, 3.8) is 0 Å². The van der Waals surface area contributed by atoms with Gasteiger partial charge in [-0.15, -0.1) is 0 Å². The Balaban J connectivity index is 2.12. The molecule has 0 amide bonds. The predicted octanol–water partition coefficient (Wildman–Crippen LogP) is 2.29. The summed E-state index contributed by atoms with van der Waals surface area (Å²) in [5, 5.41) is 9.29. The van der Waals surface area contributed by atoms with Crippen LogP contribution >= 0.6 is 0 Å². The first-order valence-electron chi connectivity index (χ1n) is 6.72. The number of rotatable bonds is 5. The highest BCUT2D eigenvalue weighted by molar-refractivity contribution is 5.06. The second-order valence-corrected chi connectivity index (χ2v) is 6.28. The van der Waals surface area contributed by atoms with E-state index in [0.717, 1.165) is 18.3 Å². The van der Waals surface area contributed by atoms with E-state index in [4.69, 9.17) is 9.47 Å². The Bertz CT molecular complexity index is 260. The van der Waals surface area contributed by atoms with Crippen LogP contribution in [0.4, 0.5) is 0 Å². The van der Waals surface area contributed by atoms with Crippen LogP contribution < -0.4 is 0 Å². The third-order valence-electron chi connectivity index (χ3n) is 5.45. The molecule has 3 heteroatoms. The molecule has 0 heterocycles. The van der Waals surface area contributed by atoms with E-state index < -0.39 is 0 Å². The monoisotopic (exact) mass is 242 g/mol. The lowest BCUT2D eigenvalue weighted by Crippen LogP contribution is -2.58. The highest BCUT2D eigenvalue weighted by atomic mass is 16.7. The maximum atomic E-state index is 9.29. The zero-order chi connectivity index (χ0) is 12.6. The average molecular weight is 242 g/mol. The molecule has 0 aromatic heterocycles. The third kappa shape index (κ3) is 2.02. The molecule has 0 aromatic rings. The Morgan fingerprint density at radius 1 is 1.24 bits per heavy atom. The Hall–Kier alpha value is -0.120. The van der Waals surface area contributed by atoms with Crippen molar-refractivity contribution in [2.45, 2.75) is 39.4 Å². The van der Waals surface area contributed by atoms with Gasteiger partial charge in [-0.25, -0.2) is 0 Å². The van der Waals surface area contributed by atoms with Crippen LogP contribution in [0.5, 0.6) is 0 Å². The fraction of sp³-hybridized carbons (Fsp3) is 1.00. The molecule has 17 heavy (non-hydrogen) atoms. The van der Waals surface area contributed by atoms with Gasteiger partial charge in [0.25, 0.3) is 0 Å². The van der Waals surface area contributed by atoms with E-state index in [2.05, 4.69) is 13.8 Å². The molecule has 100 valence electrons. The minimum absolute atomic E-state index is 0.104. The Morgan fingerprint density at radius 3 is 2.35 bits per heavy atom. The fourth-order valence-electron chi connectivity index (χ4n) is 4.31. The normalized spacial score (nSPS) is 39.2. The number of fused-ring (bicyclic) bond motifs is 2. The lowest BCUT2D eigenvalue weighted by Gasteiger charge is -2.63. The lowest BCUT2D eigenvalue weighted by molar-refractivity contribution is -0.221. The van der Waals surface area contributed by atoms with Gasteiger partial charge < -0.3 is 14.6 Å². The van der Waals surface area contributed by atoms with Crippen LogP contribution in [0.2, 0.25) is 0 Å². The maximum Gasteiger partial charge on any atom is 0.159 e. The third-order valence-corrected chi connectivity index (χ3v) is 5.45. The summed E-state index contributed by atoms with van der Waals surface area (Å²) >= 11 is 0. The molecule has 0 saturated heterocycles. The van der Waals surface area contributed by atoms with Gasteiger partial charge in [0.1, 0.15) is 0 Å². The second-order valence-electron chi connectivity index (χ2n) is 6.28. The van der Waals surface area contributed by atoms with Gasteiger partial charge in [-0.05, 0) is 42.4 Å². The van der Waals surface area contributed by atoms with Crippen LogP contribution in [-0.4, -0.2) is 32.2 Å². The number of hydrogen-bond donors (Lipinski definition) is 1. The molecule has 1 N–H and O–H groups in total. The summed E-state index contributed by atoms with van der Waals surface area (Å²) in [7, 11) is 3.44. The highest BCUT2D eigenvalue weighted by Crippen LogP contribution is 2.64. The van der Waals surface area contributed by atoms with Crippen LogP contribution in [0.1, 0.15) is 33.1 Å². The molecule has 0 radical (unpaired) electrons. The molecule has 0 spiro atoms. The Morgan fingerprint density at radius 2 is 1.88 bits per heavy atom. The molecule has 2 bridgehead atoms. The van der Waals surface area contributed by atoms with Gasteiger partial charge in [-0.2, -0.15) is 0 Å². The fourth-order valence-corrected chi connectivity index (χ4v) is 4.31. The summed E-state index contributed by atoms with van der Waals surface area (Å²) in [5.41, 5.74) is 0.447. The van der Waals surface area contributed by atoms with Gasteiger partial charge in [-0.3, -0.25) is 0 Å².